The van der Waals surface area contributed by atoms with Crippen molar-refractivity contribution < 1.29 is 9.18 Å². The van der Waals surface area contributed by atoms with Gasteiger partial charge in [-0.15, -0.1) is 12.4 Å². The summed E-state index contributed by atoms with van der Waals surface area (Å²) in [6.45, 7) is 1.07. The molecular weight excluding hydrogens is 267 g/mol. The Labute approximate surface area is 118 Å². The van der Waals surface area contributed by atoms with Crippen LogP contribution in [0.4, 0.5) is 4.39 Å². The van der Waals surface area contributed by atoms with E-state index in [9.17, 15) is 9.18 Å². The summed E-state index contributed by atoms with van der Waals surface area (Å²) in [4.78, 5) is 16.2. The summed E-state index contributed by atoms with van der Waals surface area (Å²) in [5.41, 5.74) is 0.526. The largest absolute Gasteiger partial charge is 0.366 e. The fourth-order valence-electron chi connectivity index (χ4n) is 1.94. The van der Waals surface area contributed by atoms with Gasteiger partial charge < -0.3 is 5.32 Å². The van der Waals surface area contributed by atoms with Gasteiger partial charge in [0.15, 0.2) is 5.78 Å². The second-order valence-electron chi connectivity index (χ2n) is 4.42. The molecule has 0 saturated heterocycles. The van der Waals surface area contributed by atoms with Crippen LogP contribution in [0.25, 0.3) is 0 Å². The average molecular weight is 285 g/mol. The number of hydrogen-bond donors (Lipinski definition) is 1. The van der Waals surface area contributed by atoms with Crippen LogP contribution in [0, 0.1) is 5.82 Å². The molecule has 2 rings (SSSR count). The van der Waals surface area contributed by atoms with E-state index in [0.717, 1.165) is 31.6 Å². The van der Waals surface area contributed by atoms with Crippen LogP contribution in [0.5, 0.6) is 0 Å². The minimum Gasteiger partial charge on any atom is -0.366 e. The molecule has 0 bridgehead atoms. The molecule has 0 radical (unpaired) electrons. The number of nitrogens with zero attached hydrogens (tertiary/aromatic N) is 1. The van der Waals surface area contributed by atoms with E-state index in [1.165, 1.54) is 30.7 Å². The molecule has 3 nitrogen and oxygen atoms in total. The highest BCUT2D eigenvalue weighted by atomic mass is 35.5. The van der Waals surface area contributed by atoms with E-state index in [-0.39, 0.29) is 30.6 Å². The van der Waals surface area contributed by atoms with Gasteiger partial charge in [0, 0.05) is 18.5 Å². The lowest BCUT2D eigenvalue weighted by atomic mass is 10.1. The van der Waals surface area contributed by atoms with Gasteiger partial charge in [-0.1, -0.05) is 6.42 Å². The molecule has 0 saturated carbocycles. The molecule has 0 atom stereocenters. The molecule has 0 aliphatic carbocycles. The molecular formula is C14H18ClFN2O. The topological polar surface area (TPSA) is 41.5 Å². The first-order chi connectivity index (χ1) is 8.75. The van der Waals surface area contributed by atoms with Gasteiger partial charge in [0.05, 0.1) is 12.4 Å². The number of nitrogens with one attached hydrogen (secondary N) is 1. The Balaban J connectivity index is 0.00000180. The Morgan fingerprint density at radius 3 is 2.68 bits per heavy atom. The number of hydrogen-bond acceptors (Lipinski definition) is 3. The molecule has 0 aromatic heterocycles. The van der Waals surface area contributed by atoms with Crippen LogP contribution in [0.1, 0.15) is 36.0 Å². The summed E-state index contributed by atoms with van der Waals surface area (Å²) in [6, 6.07) is 5.62. The Hall–Kier alpha value is -1.42. The third-order valence-electron chi connectivity index (χ3n) is 2.99. The molecule has 19 heavy (non-hydrogen) atoms. The number of rotatable bonds is 3. The molecule has 1 aromatic carbocycles. The van der Waals surface area contributed by atoms with E-state index >= 15 is 0 Å². The number of aliphatic imine (C=N–C) groups is 1. The van der Waals surface area contributed by atoms with Crippen LogP contribution in [0.2, 0.25) is 0 Å². The first-order valence-electron chi connectivity index (χ1n) is 6.31. The van der Waals surface area contributed by atoms with E-state index in [2.05, 4.69) is 10.3 Å². The molecule has 1 heterocycles. The van der Waals surface area contributed by atoms with Gasteiger partial charge in [0.25, 0.3) is 0 Å². The smallest absolute Gasteiger partial charge is 0.181 e. The van der Waals surface area contributed by atoms with Crippen LogP contribution in [0.15, 0.2) is 29.3 Å². The summed E-state index contributed by atoms with van der Waals surface area (Å²) in [6.07, 6.45) is 4.35. The maximum Gasteiger partial charge on any atom is 0.181 e. The van der Waals surface area contributed by atoms with Crippen molar-refractivity contribution in [3.05, 3.63) is 35.6 Å². The second-order valence-corrected chi connectivity index (χ2v) is 4.42. The highest BCUT2D eigenvalue weighted by Crippen LogP contribution is 2.07. The maximum atomic E-state index is 12.7. The summed E-state index contributed by atoms with van der Waals surface area (Å²) in [7, 11) is 0. The van der Waals surface area contributed by atoms with Crippen LogP contribution >= 0.6 is 12.4 Å². The quantitative estimate of drug-likeness (QED) is 0.867. The highest BCUT2D eigenvalue weighted by molar-refractivity contribution is 5.99. The monoisotopic (exact) mass is 284 g/mol. The first kappa shape index (κ1) is 15.6. The fourth-order valence-corrected chi connectivity index (χ4v) is 1.94. The van der Waals surface area contributed by atoms with Crippen molar-refractivity contribution in [2.75, 3.05) is 13.1 Å². The van der Waals surface area contributed by atoms with Crippen molar-refractivity contribution in [2.24, 2.45) is 4.99 Å². The Morgan fingerprint density at radius 1 is 1.21 bits per heavy atom. The third-order valence-corrected chi connectivity index (χ3v) is 2.99. The standard InChI is InChI=1S/C14H17FN2O.ClH/c15-12-7-5-11(6-8-12)13(18)10-17-14-4-2-1-3-9-16-14;/h5-8H,1-4,9-10H2,(H,16,17);1H. The predicted octanol–water partition coefficient (Wildman–Crippen LogP) is 2.99. The molecule has 1 aromatic rings. The maximum absolute atomic E-state index is 12.7. The van der Waals surface area contributed by atoms with E-state index in [1.54, 1.807) is 0 Å². The SMILES string of the molecule is Cl.O=C(CNC1=NCCCCC1)c1ccc(F)cc1. The van der Waals surface area contributed by atoms with Crippen molar-refractivity contribution in [3.63, 3.8) is 0 Å². The molecule has 1 aliphatic rings. The van der Waals surface area contributed by atoms with E-state index in [0.29, 0.717) is 5.56 Å². The lowest BCUT2D eigenvalue weighted by Gasteiger charge is -2.07. The predicted molar refractivity (Wildman–Crippen MR) is 76.8 cm³/mol. The van der Waals surface area contributed by atoms with Crippen molar-refractivity contribution in [3.8, 4) is 0 Å². The summed E-state index contributed by atoms with van der Waals surface area (Å²) >= 11 is 0. The van der Waals surface area contributed by atoms with Gasteiger partial charge in [0.1, 0.15) is 5.82 Å². The van der Waals surface area contributed by atoms with Gasteiger partial charge in [-0.05, 0) is 37.1 Å². The molecule has 0 amide bonds. The highest BCUT2D eigenvalue weighted by Gasteiger charge is 2.08. The zero-order valence-corrected chi connectivity index (χ0v) is 11.5. The van der Waals surface area contributed by atoms with Crippen LogP contribution < -0.4 is 5.32 Å². The van der Waals surface area contributed by atoms with Gasteiger partial charge in [-0.25, -0.2) is 4.39 Å². The van der Waals surface area contributed by atoms with Crippen LogP contribution in [-0.4, -0.2) is 24.7 Å². The Kier molecular flexibility index (Phi) is 6.50. The first-order valence-corrected chi connectivity index (χ1v) is 6.31. The average Bonchev–Trinajstić information content (AvgIpc) is 2.65. The second kappa shape index (κ2) is 7.89. The number of halogens is 2. The number of benzene rings is 1. The van der Waals surface area contributed by atoms with Crippen molar-refractivity contribution >= 4 is 24.0 Å². The summed E-state index contributed by atoms with van der Waals surface area (Å²) < 4.78 is 12.7. The molecule has 5 heteroatoms. The fraction of sp³-hybridized carbons (Fsp3) is 0.429. The van der Waals surface area contributed by atoms with Crippen LogP contribution in [-0.2, 0) is 0 Å². The molecule has 1 N–H and O–H groups in total. The molecule has 0 unspecified atom stereocenters. The number of amidine groups is 1. The number of Topliss-reactive ketones (excluding diaryl/α,β-unsaturated/α-hetero) is 1. The van der Waals surface area contributed by atoms with Crippen molar-refractivity contribution in [1.82, 2.24) is 5.32 Å². The lowest BCUT2D eigenvalue weighted by Crippen LogP contribution is -2.29. The number of carbonyl (C=O) groups is 1. The third kappa shape index (κ3) is 4.99. The zero-order valence-electron chi connectivity index (χ0n) is 10.7. The van der Waals surface area contributed by atoms with Gasteiger partial charge in [0.2, 0.25) is 0 Å². The Bertz CT molecular complexity index is 445. The summed E-state index contributed by atoms with van der Waals surface area (Å²) in [5, 5.41) is 3.08. The van der Waals surface area contributed by atoms with Gasteiger partial charge in [-0.2, -0.15) is 0 Å². The van der Waals surface area contributed by atoms with E-state index in [1.807, 2.05) is 0 Å². The van der Waals surface area contributed by atoms with E-state index < -0.39 is 0 Å². The summed E-state index contributed by atoms with van der Waals surface area (Å²) in [5.74, 6) is 0.553. The zero-order chi connectivity index (χ0) is 12.8. The number of carbonyl (C=O) groups excluding carboxylic acids is 1. The van der Waals surface area contributed by atoms with Crippen LogP contribution in [0.3, 0.4) is 0 Å². The van der Waals surface area contributed by atoms with Gasteiger partial charge in [-0.3, -0.25) is 9.79 Å². The minimum atomic E-state index is -0.326. The molecule has 0 spiro atoms. The Morgan fingerprint density at radius 2 is 1.95 bits per heavy atom. The van der Waals surface area contributed by atoms with Gasteiger partial charge >= 0.3 is 0 Å². The molecule has 1 aliphatic heterocycles. The molecule has 0 fully saturated rings. The minimum absolute atomic E-state index is 0. The van der Waals surface area contributed by atoms with E-state index in [4.69, 9.17) is 0 Å². The lowest BCUT2D eigenvalue weighted by molar-refractivity contribution is 0.0996. The van der Waals surface area contributed by atoms with Crippen molar-refractivity contribution in [1.29, 1.82) is 0 Å². The normalized spacial score (nSPS) is 14.9. The molecule has 104 valence electrons. The van der Waals surface area contributed by atoms with Crippen molar-refractivity contribution in [2.45, 2.75) is 25.7 Å². The number of ketones is 1.